The molecule has 0 aliphatic carbocycles. The Morgan fingerprint density at radius 3 is 2.88 bits per heavy atom. The molecule has 0 aliphatic rings. The third-order valence-electron chi connectivity index (χ3n) is 2.40. The minimum atomic E-state index is -1.05. The van der Waals surface area contributed by atoms with Crippen LogP contribution < -0.4 is 56.5 Å². The van der Waals surface area contributed by atoms with Gasteiger partial charge in [0.15, 0.2) is 0 Å². The number of benzene rings is 1. The molecule has 0 fully saturated rings. The molecule has 0 amide bonds. The number of aliphatic carboxylic acids is 1. The number of hydrogen-bond acceptors (Lipinski definition) is 3. The number of hydrogen-bond donors (Lipinski definition) is 0. The molecule has 4 heteroatoms. The van der Waals surface area contributed by atoms with E-state index >= 15 is 0 Å². The monoisotopic (exact) mass is 239 g/mol. The van der Waals surface area contributed by atoms with Gasteiger partial charge in [-0.25, -0.2) is 0 Å². The van der Waals surface area contributed by atoms with Gasteiger partial charge in [0.1, 0.15) is 0 Å². The van der Waals surface area contributed by atoms with Gasteiger partial charge in [0, 0.05) is 24.0 Å². The average molecular weight is 239 g/mol. The third kappa shape index (κ3) is 3.12. The molecule has 3 nitrogen and oxygen atoms in total. The molecule has 1 heterocycles. The maximum absolute atomic E-state index is 10.5. The number of carbonyl (C=O) groups is 1. The van der Waals surface area contributed by atoms with E-state index in [0.29, 0.717) is 0 Å². The molecule has 0 unspecified atom stereocenters. The Labute approximate surface area is 136 Å². The smallest absolute Gasteiger partial charge is 0.550 e. The zero-order valence-corrected chi connectivity index (χ0v) is 12.5. The Balaban J connectivity index is 0.00000128. The van der Waals surface area contributed by atoms with Crippen LogP contribution in [0.4, 0.5) is 0 Å². The summed E-state index contributed by atoms with van der Waals surface area (Å²) in [5, 5.41) is 11.5. The summed E-state index contributed by atoms with van der Waals surface area (Å²) >= 11 is 0. The number of carbonyl (C=O) groups excluding carboxylic acids is 1. The second-order valence-electron chi connectivity index (χ2n) is 3.52. The fourth-order valence-corrected chi connectivity index (χ4v) is 1.62. The van der Waals surface area contributed by atoms with E-state index in [-0.39, 0.29) is 57.8 Å². The zero-order valence-electron chi connectivity index (χ0n) is 9.36. The molecule has 76 valence electrons. The first-order chi connectivity index (χ1) is 7.16. The molecule has 0 bridgehead atoms. The molecule has 1 aromatic carbocycles. The predicted molar refractivity (Wildman–Crippen MR) is 55.2 cm³/mol. The third-order valence-corrected chi connectivity index (χ3v) is 2.40. The number of fused-ring (bicyclic) bond motifs is 1. The summed E-state index contributed by atoms with van der Waals surface area (Å²) in [5.41, 5.74) is 2.61. The minimum Gasteiger partial charge on any atom is -0.550 e. The number of nitrogens with zero attached hydrogens (tertiary/aromatic N) is 1. The van der Waals surface area contributed by atoms with Crippen LogP contribution in [0, 0.1) is 6.92 Å². The van der Waals surface area contributed by atoms with Crippen molar-refractivity contribution in [3.8, 4) is 0 Å². The molecule has 0 radical (unpaired) electrons. The van der Waals surface area contributed by atoms with Crippen LogP contribution in [-0.2, 0) is 11.2 Å². The van der Waals surface area contributed by atoms with Gasteiger partial charge in [-0.1, -0.05) is 6.07 Å². The second-order valence-corrected chi connectivity index (χ2v) is 3.52. The van der Waals surface area contributed by atoms with Crippen LogP contribution in [0.2, 0.25) is 0 Å². The van der Waals surface area contributed by atoms with Crippen molar-refractivity contribution in [3.63, 3.8) is 0 Å². The molecular formula is C12H10KNO2. The van der Waals surface area contributed by atoms with Crippen LogP contribution in [0.15, 0.2) is 30.5 Å². The topological polar surface area (TPSA) is 53.0 Å². The van der Waals surface area contributed by atoms with Gasteiger partial charge in [0.05, 0.1) is 5.52 Å². The van der Waals surface area contributed by atoms with E-state index in [1.54, 1.807) is 6.20 Å². The van der Waals surface area contributed by atoms with Gasteiger partial charge in [-0.3, -0.25) is 4.98 Å². The largest absolute Gasteiger partial charge is 1.00 e. The van der Waals surface area contributed by atoms with Crippen LogP contribution in [0.5, 0.6) is 0 Å². The van der Waals surface area contributed by atoms with Gasteiger partial charge in [0.25, 0.3) is 0 Å². The van der Waals surface area contributed by atoms with Crippen molar-refractivity contribution in [2.24, 2.45) is 0 Å². The van der Waals surface area contributed by atoms with Crippen molar-refractivity contribution in [2.45, 2.75) is 13.3 Å². The first-order valence-corrected chi connectivity index (χ1v) is 4.71. The summed E-state index contributed by atoms with van der Waals surface area (Å²) in [6.45, 7) is 1.88. The molecule has 0 spiro atoms. The fourth-order valence-electron chi connectivity index (χ4n) is 1.62. The van der Waals surface area contributed by atoms with Gasteiger partial charge in [-0.2, -0.15) is 0 Å². The fraction of sp³-hybridized carbons (Fsp3) is 0.167. The number of pyridine rings is 1. The van der Waals surface area contributed by atoms with E-state index in [2.05, 4.69) is 4.98 Å². The molecular weight excluding hydrogens is 229 g/mol. The number of carboxylic acid groups (broad SMARTS) is 1. The van der Waals surface area contributed by atoms with Gasteiger partial charge in [-0.05, 0) is 36.2 Å². The summed E-state index contributed by atoms with van der Waals surface area (Å²) < 4.78 is 0. The molecule has 0 saturated carbocycles. The summed E-state index contributed by atoms with van der Waals surface area (Å²) in [4.78, 5) is 14.7. The SMILES string of the molecule is Cc1cc2ncccc2cc1CC(=O)[O-].[K+]. The van der Waals surface area contributed by atoms with E-state index in [1.165, 1.54) is 0 Å². The number of aromatic nitrogens is 1. The standard InChI is InChI=1S/C12H11NO2.K/c1-8-5-11-9(3-2-4-13-11)6-10(8)7-12(14)15;/h2-6H,7H2,1H3,(H,14,15);/q;+1/p-1. The van der Waals surface area contributed by atoms with E-state index in [9.17, 15) is 9.90 Å². The van der Waals surface area contributed by atoms with Crippen molar-refractivity contribution in [3.05, 3.63) is 41.6 Å². The second kappa shape index (κ2) is 5.89. The summed E-state index contributed by atoms with van der Waals surface area (Å²) in [7, 11) is 0. The average Bonchev–Trinajstić information content (AvgIpc) is 2.18. The molecule has 0 saturated heterocycles. The van der Waals surface area contributed by atoms with Crippen LogP contribution >= 0.6 is 0 Å². The normalized spacial score (nSPS) is 9.81. The van der Waals surface area contributed by atoms with Crippen molar-refractivity contribution >= 4 is 16.9 Å². The number of rotatable bonds is 2. The van der Waals surface area contributed by atoms with Crippen LogP contribution in [0.3, 0.4) is 0 Å². The summed E-state index contributed by atoms with van der Waals surface area (Å²) in [6, 6.07) is 7.50. The molecule has 0 aliphatic heterocycles. The molecule has 0 atom stereocenters. The van der Waals surface area contributed by atoms with Crippen LogP contribution in [0.25, 0.3) is 10.9 Å². The van der Waals surface area contributed by atoms with Crippen molar-refractivity contribution < 1.29 is 61.3 Å². The minimum absolute atomic E-state index is 0. The van der Waals surface area contributed by atoms with Gasteiger partial charge in [0.2, 0.25) is 0 Å². The Bertz CT molecular complexity index is 525. The van der Waals surface area contributed by atoms with Gasteiger partial charge >= 0.3 is 51.4 Å². The first-order valence-electron chi connectivity index (χ1n) is 4.71. The molecule has 0 N–H and O–H groups in total. The van der Waals surface area contributed by atoms with Crippen molar-refractivity contribution in [1.82, 2.24) is 4.98 Å². The van der Waals surface area contributed by atoms with Crippen LogP contribution in [0.1, 0.15) is 11.1 Å². The van der Waals surface area contributed by atoms with Crippen molar-refractivity contribution in [1.29, 1.82) is 0 Å². The number of aryl methyl sites for hydroxylation is 1. The Kier molecular flexibility index (Phi) is 5.08. The van der Waals surface area contributed by atoms with E-state index in [1.807, 2.05) is 31.2 Å². The van der Waals surface area contributed by atoms with Crippen LogP contribution in [-0.4, -0.2) is 11.0 Å². The summed E-state index contributed by atoms with van der Waals surface area (Å²) in [5.74, 6) is -1.05. The Hall–Kier alpha value is -0.264. The number of carboxylic acids is 1. The zero-order chi connectivity index (χ0) is 10.8. The maximum Gasteiger partial charge on any atom is 1.00 e. The summed E-state index contributed by atoms with van der Waals surface area (Å²) in [6.07, 6.45) is 1.68. The molecule has 16 heavy (non-hydrogen) atoms. The van der Waals surface area contributed by atoms with E-state index < -0.39 is 5.97 Å². The van der Waals surface area contributed by atoms with Crippen molar-refractivity contribution in [2.75, 3.05) is 0 Å². The van der Waals surface area contributed by atoms with E-state index in [4.69, 9.17) is 0 Å². The quantitative estimate of drug-likeness (QED) is 0.561. The van der Waals surface area contributed by atoms with E-state index in [0.717, 1.165) is 22.0 Å². The first kappa shape index (κ1) is 13.8. The maximum atomic E-state index is 10.5. The van der Waals surface area contributed by atoms with Gasteiger partial charge < -0.3 is 9.90 Å². The molecule has 2 aromatic rings. The molecule has 2 rings (SSSR count). The Morgan fingerprint density at radius 2 is 2.19 bits per heavy atom. The Morgan fingerprint density at radius 1 is 1.44 bits per heavy atom. The molecule has 1 aromatic heterocycles. The predicted octanol–water partition coefficient (Wildman–Crippen LogP) is -2.16. The van der Waals surface area contributed by atoms with Gasteiger partial charge in [-0.15, -0.1) is 0 Å².